The standard InChI is InChI=1S/C21H22F2N6O3/c1-12(30)26-16-5-15-13(8-24-16)9-25-29(15)17-6-18(28-19(27-17)20(2,22)23)32-10-14-7-21(14)3-4-31-11-21/h5-6,8-9,14H,3-4,7,10-11H2,1-2H3,(H,24,26,30). The van der Waals surface area contributed by atoms with E-state index >= 15 is 0 Å². The van der Waals surface area contributed by atoms with Gasteiger partial charge in [0.05, 0.1) is 24.9 Å². The molecule has 2 fully saturated rings. The Morgan fingerprint density at radius 2 is 2.22 bits per heavy atom. The number of hydrogen-bond donors (Lipinski definition) is 1. The Morgan fingerprint density at radius 3 is 2.94 bits per heavy atom. The molecule has 3 aromatic rings. The van der Waals surface area contributed by atoms with E-state index in [0.29, 0.717) is 29.2 Å². The van der Waals surface area contributed by atoms with Gasteiger partial charge in [-0.2, -0.15) is 18.9 Å². The number of pyridine rings is 1. The molecule has 1 aliphatic carbocycles. The van der Waals surface area contributed by atoms with E-state index in [0.717, 1.165) is 33.0 Å². The van der Waals surface area contributed by atoms with Crippen LogP contribution in [0.3, 0.4) is 0 Å². The molecule has 1 saturated heterocycles. The highest BCUT2D eigenvalue weighted by molar-refractivity contribution is 5.90. The molecule has 0 bridgehead atoms. The third-order valence-electron chi connectivity index (χ3n) is 5.98. The van der Waals surface area contributed by atoms with E-state index in [2.05, 4.69) is 25.4 Å². The van der Waals surface area contributed by atoms with Gasteiger partial charge in [-0.05, 0) is 12.8 Å². The second-order valence-electron chi connectivity index (χ2n) is 8.52. The Balaban J connectivity index is 1.47. The van der Waals surface area contributed by atoms with Gasteiger partial charge in [0.15, 0.2) is 5.82 Å². The number of nitrogens with zero attached hydrogens (tertiary/aromatic N) is 5. The van der Waals surface area contributed by atoms with Gasteiger partial charge in [0.25, 0.3) is 0 Å². The van der Waals surface area contributed by atoms with Crippen molar-refractivity contribution in [1.82, 2.24) is 24.7 Å². The predicted octanol–water partition coefficient (Wildman–Crippen LogP) is 3.09. The lowest BCUT2D eigenvalue weighted by Crippen LogP contribution is -2.17. The van der Waals surface area contributed by atoms with Crippen LogP contribution in [-0.2, 0) is 15.5 Å². The second-order valence-corrected chi connectivity index (χ2v) is 8.52. The van der Waals surface area contributed by atoms with E-state index in [-0.39, 0.29) is 23.0 Å². The van der Waals surface area contributed by atoms with Crippen LogP contribution in [0.25, 0.3) is 16.7 Å². The number of ether oxygens (including phenoxy) is 2. The van der Waals surface area contributed by atoms with Crippen LogP contribution in [-0.4, -0.2) is 50.5 Å². The molecule has 32 heavy (non-hydrogen) atoms. The van der Waals surface area contributed by atoms with Gasteiger partial charge in [0.2, 0.25) is 17.6 Å². The molecule has 9 nitrogen and oxygen atoms in total. The number of carbonyl (C=O) groups is 1. The van der Waals surface area contributed by atoms with Gasteiger partial charge in [0, 0.05) is 55.5 Å². The lowest BCUT2D eigenvalue weighted by Gasteiger charge is -2.14. The Kier molecular flexibility index (Phi) is 4.81. The Bertz CT molecular complexity index is 1190. The van der Waals surface area contributed by atoms with Crippen molar-refractivity contribution in [3.8, 4) is 11.7 Å². The number of amides is 1. The summed E-state index contributed by atoms with van der Waals surface area (Å²) in [7, 11) is 0. The lowest BCUT2D eigenvalue weighted by atomic mass is 10.0. The largest absolute Gasteiger partial charge is 0.477 e. The van der Waals surface area contributed by atoms with Crippen molar-refractivity contribution < 1.29 is 23.0 Å². The smallest absolute Gasteiger partial charge is 0.304 e. The Morgan fingerprint density at radius 1 is 1.38 bits per heavy atom. The Hall–Kier alpha value is -3.21. The van der Waals surface area contributed by atoms with E-state index < -0.39 is 11.7 Å². The van der Waals surface area contributed by atoms with Crippen LogP contribution in [0.5, 0.6) is 5.88 Å². The lowest BCUT2D eigenvalue weighted by molar-refractivity contribution is -0.114. The van der Waals surface area contributed by atoms with Crippen molar-refractivity contribution in [3.63, 3.8) is 0 Å². The van der Waals surface area contributed by atoms with Gasteiger partial charge in [-0.1, -0.05) is 0 Å². The Labute approximate surface area is 182 Å². The minimum Gasteiger partial charge on any atom is -0.477 e. The molecule has 1 N–H and O–H groups in total. The molecule has 4 heterocycles. The van der Waals surface area contributed by atoms with Gasteiger partial charge in [-0.25, -0.2) is 14.6 Å². The molecule has 1 spiro atoms. The van der Waals surface area contributed by atoms with Gasteiger partial charge >= 0.3 is 5.92 Å². The predicted molar refractivity (Wildman–Crippen MR) is 110 cm³/mol. The zero-order valence-electron chi connectivity index (χ0n) is 17.6. The van der Waals surface area contributed by atoms with Gasteiger partial charge in [-0.3, -0.25) is 4.79 Å². The van der Waals surface area contributed by atoms with Crippen LogP contribution < -0.4 is 10.1 Å². The van der Waals surface area contributed by atoms with Gasteiger partial charge in [-0.15, -0.1) is 0 Å². The highest BCUT2D eigenvalue weighted by Gasteiger charge is 2.56. The minimum absolute atomic E-state index is 0.0623. The third-order valence-corrected chi connectivity index (χ3v) is 5.98. The molecule has 2 unspecified atom stereocenters. The van der Waals surface area contributed by atoms with Crippen molar-refractivity contribution in [1.29, 1.82) is 0 Å². The molecule has 0 radical (unpaired) electrons. The fraction of sp³-hybridized carbons (Fsp3) is 0.476. The summed E-state index contributed by atoms with van der Waals surface area (Å²) in [6.07, 6.45) is 5.08. The van der Waals surface area contributed by atoms with Crippen molar-refractivity contribution in [2.45, 2.75) is 32.6 Å². The number of hydrogen-bond acceptors (Lipinski definition) is 7. The van der Waals surface area contributed by atoms with E-state index in [1.807, 2.05) is 0 Å². The number of fused-ring (bicyclic) bond motifs is 1. The summed E-state index contributed by atoms with van der Waals surface area (Å²) in [5, 5.41) is 7.53. The summed E-state index contributed by atoms with van der Waals surface area (Å²) in [6.45, 7) is 3.96. The summed E-state index contributed by atoms with van der Waals surface area (Å²) in [5.74, 6) is -3.36. The van der Waals surface area contributed by atoms with E-state index in [1.54, 1.807) is 12.3 Å². The van der Waals surface area contributed by atoms with Gasteiger partial charge in [0.1, 0.15) is 5.82 Å². The number of rotatable bonds is 6. The molecule has 2 atom stereocenters. The highest BCUT2D eigenvalue weighted by Crippen LogP contribution is 2.57. The van der Waals surface area contributed by atoms with Crippen LogP contribution >= 0.6 is 0 Å². The number of anilines is 1. The first-order chi connectivity index (χ1) is 15.2. The van der Waals surface area contributed by atoms with Crippen LogP contribution in [0, 0.1) is 11.3 Å². The maximum Gasteiger partial charge on any atom is 0.304 e. The topological polar surface area (TPSA) is 104 Å². The summed E-state index contributed by atoms with van der Waals surface area (Å²) < 4.78 is 41.0. The van der Waals surface area contributed by atoms with Crippen molar-refractivity contribution in [2.24, 2.45) is 11.3 Å². The minimum atomic E-state index is -3.26. The maximum atomic E-state index is 14.1. The maximum absolute atomic E-state index is 14.1. The van der Waals surface area contributed by atoms with Crippen molar-refractivity contribution >= 4 is 22.6 Å². The molecule has 11 heteroatoms. The third kappa shape index (κ3) is 3.88. The summed E-state index contributed by atoms with van der Waals surface area (Å²) >= 11 is 0. The van der Waals surface area contributed by atoms with Crippen LogP contribution in [0.1, 0.15) is 32.5 Å². The number of halogens is 2. The quantitative estimate of drug-likeness (QED) is 0.623. The summed E-state index contributed by atoms with van der Waals surface area (Å²) in [6, 6.07) is 3.09. The van der Waals surface area contributed by atoms with Crippen LogP contribution in [0.4, 0.5) is 14.6 Å². The molecule has 5 rings (SSSR count). The van der Waals surface area contributed by atoms with E-state index in [9.17, 15) is 13.6 Å². The first-order valence-electron chi connectivity index (χ1n) is 10.3. The molecule has 1 saturated carbocycles. The average molecular weight is 444 g/mol. The van der Waals surface area contributed by atoms with Crippen LogP contribution in [0.15, 0.2) is 24.5 Å². The summed E-state index contributed by atoms with van der Waals surface area (Å²) in [4.78, 5) is 23.5. The van der Waals surface area contributed by atoms with E-state index in [1.165, 1.54) is 23.9 Å². The molecular weight excluding hydrogens is 422 g/mol. The molecule has 1 amide bonds. The number of aromatic nitrogens is 5. The molecule has 2 aliphatic rings. The number of alkyl halides is 2. The van der Waals surface area contributed by atoms with Crippen molar-refractivity contribution in [2.75, 3.05) is 25.1 Å². The average Bonchev–Trinajstić information content (AvgIpc) is 3.03. The van der Waals surface area contributed by atoms with E-state index in [4.69, 9.17) is 9.47 Å². The normalized spacial score (nSPS) is 22.4. The monoisotopic (exact) mass is 444 g/mol. The molecule has 1 aliphatic heterocycles. The SMILES string of the molecule is CC(=O)Nc1cc2c(cn1)cnn2-c1cc(OCC2CC23CCOC3)nc(C(C)(F)F)n1. The highest BCUT2D eigenvalue weighted by atomic mass is 19.3. The van der Waals surface area contributed by atoms with Gasteiger partial charge < -0.3 is 14.8 Å². The molecule has 168 valence electrons. The first-order valence-corrected chi connectivity index (χ1v) is 10.3. The van der Waals surface area contributed by atoms with Crippen LogP contribution in [0.2, 0.25) is 0 Å². The molecule has 3 aromatic heterocycles. The molecular formula is C21H22F2N6O3. The zero-order chi connectivity index (χ0) is 22.5. The molecule has 0 aromatic carbocycles. The summed E-state index contributed by atoms with van der Waals surface area (Å²) in [5.41, 5.74) is 0.710. The number of carbonyl (C=O) groups excluding carboxylic acids is 1. The first kappa shape index (κ1) is 20.7. The zero-order valence-corrected chi connectivity index (χ0v) is 17.6. The fourth-order valence-corrected chi connectivity index (χ4v) is 4.10. The second kappa shape index (κ2) is 7.44. The fourth-order valence-electron chi connectivity index (χ4n) is 4.10. The number of nitrogens with one attached hydrogen (secondary N) is 1. The van der Waals surface area contributed by atoms with Crippen molar-refractivity contribution in [3.05, 3.63) is 30.4 Å².